The standard InChI is InChI=1S/C12H15Cl2NO4S/c13-9-4-8(6-16)12(14)11(5-9)20(17,18)15-10-2-1-3-19-7-10/h4-5,10,15-16H,1-3,6-7H2. The monoisotopic (exact) mass is 339 g/mol. The first kappa shape index (κ1) is 16.0. The van der Waals surface area contributed by atoms with Crippen LogP contribution in [0, 0.1) is 0 Å². The summed E-state index contributed by atoms with van der Waals surface area (Å²) in [6, 6.07) is 2.43. The molecule has 2 N–H and O–H groups in total. The van der Waals surface area contributed by atoms with E-state index in [9.17, 15) is 13.5 Å². The van der Waals surface area contributed by atoms with Crippen molar-refractivity contribution in [1.82, 2.24) is 4.72 Å². The number of halogens is 2. The molecule has 0 radical (unpaired) electrons. The molecule has 1 aromatic carbocycles. The molecule has 1 heterocycles. The molecule has 1 fully saturated rings. The fourth-order valence-electron chi connectivity index (χ4n) is 2.05. The molecule has 0 spiro atoms. The molecule has 0 bridgehead atoms. The Labute approximate surface area is 127 Å². The van der Waals surface area contributed by atoms with Gasteiger partial charge in [-0.3, -0.25) is 0 Å². The molecule has 0 aliphatic carbocycles. The second-order valence-electron chi connectivity index (χ2n) is 4.57. The summed E-state index contributed by atoms with van der Waals surface area (Å²) in [5, 5.41) is 9.37. The summed E-state index contributed by atoms with van der Waals surface area (Å²) in [6.07, 6.45) is 1.52. The van der Waals surface area contributed by atoms with E-state index in [0.29, 0.717) is 19.6 Å². The minimum absolute atomic E-state index is 0.0128. The average Bonchev–Trinajstić information content (AvgIpc) is 2.41. The molecule has 0 amide bonds. The van der Waals surface area contributed by atoms with Gasteiger partial charge in [-0.1, -0.05) is 23.2 Å². The first-order valence-corrected chi connectivity index (χ1v) is 8.37. The molecule has 1 aliphatic rings. The zero-order valence-electron chi connectivity index (χ0n) is 10.6. The van der Waals surface area contributed by atoms with Gasteiger partial charge in [-0.2, -0.15) is 0 Å². The lowest BCUT2D eigenvalue weighted by atomic mass is 10.1. The third kappa shape index (κ3) is 3.63. The lowest BCUT2D eigenvalue weighted by molar-refractivity contribution is 0.0774. The van der Waals surface area contributed by atoms with Gasteiger partial charge in [-0.25, -0.2) is 13.1 Å². The highest BCUT2D eigenvalue weighted by Gasteiger charge is 2.25. The summed E-state index contributed by atoms with van der Waals surface area (Å²) < 4.78 is 32.5. The van der Waals surface area contributed by atoms with E-state index >= 15 is 0 Å². The van der Waals surface area contributed by atoms with Gasteiger partial charge < -0.3 is 9.84 Å². The van der Waals surface area contributed by atoms with E-state index in [-0.39, 0.29) is 33.2 Å². The Kier molecular flexibility index (Phi) is 5.28. The van der Waals surface area contributed by atoms with Crippen molar-refractivity contribution in [1.29, 1.82) is 0 Å². The summed E-state index contributed by atoms with van der Waals surface area (Å²) in [5.74, 6) is 0. The minimum atomic E-state index is -3.80. The molecule has 1 atom stereocenters. The molecule has 8 heteroatoms. The zero-order chi connectivity index (χ0) is 14.8. The molecule has 0 aromatic heterocycles. The zero-order valence-corrected chi connectivity index (χ0v) is 12.9. The Hall–Kier alpha value is -0.370. The lowest BCUT2D eigenvalue weighted by Crippen LogP contribution is -2.40. The number of aliphatic hydroxyl groups is 1. The lowest BCUT2D eigenvalue weighted by Gasteiger charge is -2.23. The number of aliphatic hydroxyl groups excluding tert-OH is 1. The fraction of sp³-hybridized carbons (Fsp3) is 0.500. The van der Waals surface area contributed by atoms with Crippen molar-refractivity contribution in [2.24, 2.45) is 0 Å². The summed E-state index contributed by atoms with van der Waals surface area (Å²) in [7, 11) is -3.80. The van der Waals surface area contributed by atoms with Crippen molar-refractivity contribution in [2.75, 3.05) is 13.2 Å². The van der Waals surface area contributed by atoms with Gasteiger partial charge in [0.2, 0.25) is 10.0 Å². The van der Waals surface area contributed by atoms with Crippen LogP contribution in [0.2, 0.25) is 10.0 Å². The minimum Gasteiger partial charge on any atom is -0.392 e. The predicted molar refractivity (Wildman–Crippen MR) is 76.5 cm³/mol. The van der Waals surface area contributed by atoms with E-state index in [4.69, 9.17) is 27.9 Å². The SMILES string of the molecule is O=S(=O)(NC1CCCOC1)c1cc(Cl)cc(CO)c1Cl. The third-order valence-electron chi connectivity index (χ3n) is 3.02. The number of rotatable bonds is 4. The van der Waals surface area contributed by atoms with Gasteiger partial charge in [-0.05, 0) is 30.5 Å². The van der Waals surface area contributed by atoms with Gasteiger partial charge >= 0.3 is 0 Å². The maximum atomic E-state index is 12.4. The molecule has 5 nitrogen and oxygen atoms in total. The number of benzene rings is 1. The van der Waals surface area contributed by atoms with Crippen molar-refractivity contribution >= 4 is 33.2 Å². The van der Waals surface area contributed by atoms with Crippen LogP contribution >= 0.6 is 23.2 Å². The molecule has 1 aliphatic heterocycles. The number of ether oxygens (including phenoxy) is 1. The van der Waals surface area contributed by atoms with Gasteiger partial charge in [0.15, 0.2) is 0 Å². The first-order valence-electron chi connectivity index (χ1n) is 6.13. The van der Waals surface area contributed by atoms with Crippen LogP contribution in [0.1, 0.15) is 18.4 Å². The second-order valence-corrected chi connectivity index (χ2v) is 7.07. The largest absolute Gasteiger partial charge is 0.392 e. The van der Waals surface area contributed by atoms with Crippen molar-refractivity contribution in [2.45, 2.75) is 30.4 Å². The topological polar surface area (TPSA) is 75.6 Å². The Morgan fingerprint density at radius 2 is 2.15 bits per heavy atom. The van der Waals surface area contributed by atoms with Gasteiger partial charge in [0.1, 0.15) is 4.90 Å². The molecule has 2 rings (SSSR count). The second kappa shape index (κ2) is 6.60. The van der Waals surface area contributed by atoms with Crippen molar-refractivity contribution in [3.05, 3.63) is 27.7 Å². The summed E-state index contributed by atoms with van der Waals surface area (Å²) >= 11 is 11.9. The van der Waals surface area contributed by atoms with Crippen molar-refractivity contribution in [3.63, 3.8) is 0 Å². The van der Waals surface area contributed by atoms with Crippen LogP contribution in [0.5, 0.6) is 0 Å². The highest BCUT2D eigenvalue weighted by molar-refractivity contribution is 7.89. The van der Waals surface area contributed by atoms with E-state index in [2.05, 4.69) is 4.72 Å². The highest BCUT2D eigenvalue weighted by Crippen LogP contribution is 2.29. The van der Waals surface area contributed by atoms with E-state index in [1.807, 2.05) is 0 Å². The van der Waals surface area contributed by atoms with Crippen molar-refractivity contribution < 1.29 is 18.3 Å². The summed E-state index contributed by atoms with van der Waals surface area (Å²) in [6.45, 7) is 0.601. The van der Waals surface area contributed by atoms with Gasteiger partial charge in [0, 0.05) is 17.7 Å². The van der Waals surface area contributed by atoms with Gasteiger partial charge in [-0.15, -0.1) is 0 Å². The predicted octanol–water partition coefficient (Wildman–Crippen LogP) is 1.94. The van der Waals surface area contributed by atoms with E-state index in [1.54, 1.807) is 0 Å². The van der Waals surface area contributed by atoms with E-state index < -0.39 is 10.0 Å². The Balaban J connectivity index is 2.31. The molecule has 1 saturated heterocycles. The molecule has 20 heavy (non-hydrogen) atoms. The Morgan fingerprint density at radius 3 is 2.75 bits per heavy atom. The Bertz CT molecular complexity index is 585. The van der Waals surface area contributed by atoms with Crippen LogP contribution in [0.3, 0.4) is 0 Å². The molecule has 1 unspecified atom stereocenters. The number of hydrogen-bond donors (Lipinski definition) is 2. The fourth-order valence-corrected chi connectivity index (χ4v) is 4.23. The van der Waals surface area contributed by atoms with Crippen LogP contribution in [0.15, 0.2) is 17.0 Å². The highest BCUT2D eigenvalue weighted by atomic mass is 35.5. The van der Waals surface area contributed by atoms with Crippen LogP contribution in [-0.4, -0.2) is 32.8 Å². The smallest absolute Gasteiger partial charge is 0.242 e. The van der Waals surface area contributed by atoms with Crippen LogP contribution < -0.4 is 4.72 Å². The molecule has 112 valence electrons. The van der Waals surface area contributed by atoms with Gasteiger partial charge in [0.25, 0.3) is 0 Å². The number of hydrogen-bond acceptors (Lipinski definition) is 4. The van der Waals surface area contributed by atoms with Crippen LogP contribution in [0.25, 0.3) is 0 Å². The molecular weight excluding hydrogens is 325 g/mol. The molecule has 0 saturated carbocycles. The number of sulfonamides is 1. The van der Waals surface area contributed by atoms with Crippen LogP contribution in [-0.2, 0) is 21.4 Å². The summed E-state index contributed by atoms with van der Waals surface area (Å²) in [4.78, 5) is -0.124. The van der Waals surface area contributed by atoms with E-state index in [1.165, 1.54) is 12.1 Å². The molecular formula is C12H15Cl2NO4S. The maximum absolute atomic E-state index is 12.4. The number of nitrogens with one attached hydrogen (secondary N) is 1. The molecule has 1 aromatic rings. The van der Waals surface area contributed by atoms with Gasteiger partial charge in [0.05, 0.1) is 18.2 Å². The first-order chi connectivity index (χ1) is 9.44. The normalized spacial score (nSPS) is 20.1. The Morgan fingerprint density at radius 1 is 1.40 bits per heavy atom. The quantitative estimate of drug-likeness (QED) is 0.878. The van der Waals surface area contributed by atoms with Crippen LogP contribution in [0.4, 0.5) is 0 Å². The van der Waals surface area contributed by atoms with E-state index in [0.717, 1.165) is 6.42 Å². The van der Waals surface area contributed by atoms with Crippen molar-refractivity contribution in [3.8, 4) is 0 Å². The average molecular weight is 340 g/mol. The summed E-state index contributed by atoms with van der Waals surface area (Å²) in [5.41, 5.74) is 0.277. The maximum Gasteiger partial charge on any atom is 0.242 e. The third-order valence-corrected chi connectivity index (χ3v) is 5.34.